The second-order valence-electron chi connectivity index (χ2n) is 12.9. The maximum Gasteiger partial charge on any atom is 0.408 e. The van der Waals surface area contributed by atoms with Gasteiger partial charge in [0.05, 0.1) is 12.9 Å². The van der Waals surface area contributed by atoms with Crippen LogP contribution in [0.4, 0.5) is 15.4 Å². The molecular weight excluding hydrogens is 566 g/mol. The third-order valence-electron chi connectivity index (χ3n) is 6.77. The van der Waals surface area contributed by atoms with E-state index in [0.717, 1.165) is 31.2 Å². The first-order chi connectivity index (χ1) is 20.8. The molecule has 2 aromatic heterocycles. The highest BCUT2D eigenvalue weighted by Gasteiger charge is 2.29. The Labute approximate surface area is 257 Å². The number of benzene rings is 1. The normalized spacial score (nSPS) is 17.8. The van der Waals surface area contributed by atoms with E-state index >= 15 is 0 Å². The molecule has 1 unspecified atom stereocenters. The Balaban J connectivity index is 1.40. The Hall–Kier alpha value is -4.42. The predicted octanol–water partition coefficient (Wildman–Crippen LogP) is 4.71. The standard InChI is InChI=1S/C31H43N7O6/c1-30(2,3)43-27(39)23(37-28(40)42-17-20-10-8-7-9-11-20)16-38-19-34-24-25(32-18-33-26(24)38)35-21-12-14-22(15-13-21)36-29(41)44-31(4,5)6/h7-11,18-19,21-23H,12-17H2,1-6H3,(H,36,41)(H,37,40)(H,32,33,35). The van der Waals surface area contributed by atoms with Crippen LogP contribution in [0.1, 0.15) is 72.8 Å². The molecule has 1 fully saturated rings. The van der Waals surface area contributed by atoms with Crippen LogP contribution in [0.5, 0.6) is 0 Å². The summed E-state index contributed by atoms with van der Waals surface area (Å²) >= 11 is 0. The summed E-state index contributed by atoms with van der Waals surface area (Å²) < 4.78 is 18.0. The molecule has 1 saturated carbocycles. The zero-order valence-corrected chi connectivity index (χ0v) is 26.3. The quantitative estimate of drug-likeness (QED) is 0.229. The maximum absolute atomic E-state index is 13.1. The van der Waals surface area contributed by atoms with Gasteiger partial charge in [0.2, 0.25) is 0 Å². The molecule has 13 nitrogen and oxygen atoms in total. The van der Waals surface area contributed by atoms with Crippen molar-refractivity contribution >= 4 is 35.1 Å². The Morgan fingerprint density at radius 2 is 1.55 bits per heavy atom. The number of ether oxygens (including phenoxy) is 3. The van der Waals surface area contributed by atoms with Gasteiger partial charge in [-0.15, -0.1) is 0 Å². The first kappa shape index (κ1) is 32.5. The van der Waals surface area contributed by atoms with Crippen LogP contribution in [0.2, 0.25) is 0 Å². The minimum absolute atomic E-state index is 0.0176. The van der Waals surface area contributed by atoms with Crippen molar-refractivity contribution in [3.63, 3.8) is 0 Å². The maximum atomic E-state index is 13.1. The van der Waals surface area contributed by atoms with Crippen LogP contribution in [-0.4, -0.2) is 67.0 Å². The van der Waals surface area contributed by atoms with Crippen LogP contribution >= 0.6 is 0 Å². The molecule has 0 aliphatic heterocycles. The van der Waals surface area contributed by atoms with Crippen molar-refractivity contribution in [3.8, 4) is 0 Å². The third-order valence-corrected chi connectivity index (χ3v) is 6.77. The van der Waals surface area contributed by atoms with E-state index in [4.69, 9.17) is 14.2 Å². The van der Waals surface area contributed by atoms with Crippen LogP contribution in [0.3, 0.4) is 0 Å². The van der Waals surface area contributed by atoms with Crippen LogP contribution < -0.4 is 16.0 Å². The van der Waals surface area contributed by atoms with E-state index in [1.807, 2.05) is 51.1 Å². The van der Waals surface area contributed by atoms with Gasteiger partial charge in [-0.05, 0) is 72.8 Å². The van der Waals surface area contributed by atoms with E-state index in [0.29, 0.717) is 17.0 Å². The lowest BCUT2D eigenvalue weighted by Crippen LogP contribution is -2.46. The smallest absolute Gasteiger partial charge is 0.408 e. The van der Waals surface area contributed by atoms with Gasteiger partial charge in [0.1, 0.15) is 35.7 Å². The number of amides is 2. The van der Waals surface area contributed by atoms with E-state index in [2.05, 4.69) is 30.9 Å². The molecule has 1 atom stereocenters. The number of esters is 1. The summed E-state index contributed by atoms with van der Waals surface area (Å²) in [5, 5.41) is 9.07. The van der Waals surface area contributed by atoms with Crippen LogP contribution in [0.25, 0.3) is 11.2 Å². The third kappa shape index (κ3) is 9.81. The molecule has 4 rings (SSSR count). The van der Waals surface area contributed by atoms with Gasteiger partial charge in [0, 0.05) is 12.1 Å². The molecule has 1 aromatic carbocycles. The van der Waals surface area contributed by atoms with E-state index in [9.17, 15) is 14.4 Å². The summed E-state index contributed by atoms with van der Waals surface area (Å²) in [7, 11) is 0. The van der Waals surface area contributed by atoms with Gasteiger partial charge in [-0.3, -0.25) is 0 Å². The van der Waals surface area contributed by atoms with Gasteiger partial charge in [-0.2, -0.15) is 0 Å². The molecule has 13 heteroatoms. The monoisotopic (exact) mass is 609 g/mol. The molecule has 1 aliphatic rings. The van der Waals surface area contributed by atoms with Crippen molar-refractivity contribution in [2.24, 2.45) is 0 Å². The highest BCUT2D eigenvalue weighted by atomic mass is 16.6. The fourth-order valence-electron chi connectivity index (χ4n) is 4.83. The summed E-state index contributed by atoms with van der Waals surface area (Å²) in [5.74, 6) is -0.0403. The lowest BCUT2D eigenvalue weighted by molar-refractivity contribution is -0.157. The average Bonchev–Trinajstić information content (AvgIpc) is 3.35. The van der Waals surface area contributed by atoms with Crippen molar-refractivity contribution in [3.05, 3.63) is 48.5 Å². The molecule has 0 radical (unpaired) electrons. The summed E-state index contributed by atoms with van der Waals surface area (Å²) in [5.41, 5.74) is 0.551. The zero-order valence-electron chi connectivity index (χ0n) is 26.3. The predicted molar refractivity (Wildman–Crippen MR) is 164 cm³/mol. The molecular formula is C31H43N7O6. The highest BCUT2D eigenvalue weighted by Crippen LogP contribution is 2.25. The van der Waals surface area contributed by atoms with Crippen molar-refractivity contribution in [2.45, 2.75) is 110 Å². The molecule has 0 spiro atoms. The number of carbonyl (C=O) groups excluding carboxylic acids is 3. The number of nitrogens with zero attached hydrogens (tertiary/aromatic N) is 4. The van der Waals surface area contributed by atoms with Crippen LogP contribution in [0, 0.1) is 0 Å². The van der Waals surface area contributed by atoms with Gasteiger partial charge in [0.25, 0.3) is 0 Å². The molecule has 2 amide bonds. The number of hydrogen-bond donors (Lipinski definition) is 3. The van der Waals surface area contributed by atoms with E-state index in [1.165, 1.54) is 6.33 Å². The van der Waals surface area contributed by atoms with Crippen molar-refractivity contribution in [2.75, 3.05) is 5.32 Å². The van der Waals surface area contributed by atoms with E-state index < -0.39 is 35.4 Å². The Morgan fingerprint density at radius 1 is 0.886 bits per heavy atom. The number of carbonyl (C=O) groups is 3. The summed E-state index contributed by atoms with van der Waals surface area (Å²) in [4.78, 5) is 51.3. The molecule has 3 N–H and O–H groups in total. The van der Waals surface area contributed by atoms with Crippen molar-refractivity contribution < 1.29 is 28.6 Å². The number of nitrogens with one attached hydrogen (secondary N) is 3. The van der Waals surface area contributed by atoms with Gasteiger partial charge >= 0.3 is 18.2 Å². The Bertz CT molecular complexity index is 1420. The second-order valence-corrected chi connectivity index (χ2v) is 12.9. The molecule has 238 valence electrons. The fourth-order valence-corrected chi connectivity index (χ4v) is 4.83. The zero-order chi connectivity index (χ0) is 31.9. The van der Waals surface area contributed by atoms with Crippen LogP contribution in [0.15, 0.2) is 43.0 Å². The Kier molecular flexibility index (Phi) is 10.3. The molecule has 0 bridgehead atoms. The molecule has 44 heavy (non-hydrogen) atoms. The number of fused-ring (bicyclic) bond motifs is 1. The number of rotatable bonds is 9. The Morgan fingerprint density at radius 3 is 2.20 bits per heavy atom. The molecule has 0 saturated heterocycles. The number of aromatic nitrogens is 4. The molecule has 3 aromatic rings. The van der Waals surface area contributed by atoms with Crippen LogP contribution in [-0.2, 0) is 32.2 Å². The van der Waals surface area contributed by atoms with E-state index in [1.54, 1.807) is 31.7 Å². The average molecular weight is 610 g/mol. The lowest BCUT2D eigenvalue weighted by atomic mass is 9.91. The minimum atomic E-state index is -1.06. The van der Waals surface area contributed by atoms with Crippen molar-refractivity contribution in [1.29, 1.82) is 0 Å². The van der Waals surface area contributed by atoms with Gasteiger partial charge in [-0.25, -0.2) is 29.3 Å². The largest absolute Gasteiger partial charge is 0.458 e. The number of anilines is 1. The molecule has 2 heterocycles. The number of imidazole rings is 1. The molecule has 1 aliphatic carbocycles. The van der Waals surface area contributed by atoms with E-state index in [-0.39, 0.29) is 25.2 Å². The topological polar surface area (TPSA) is 159 Å². The summed E-state index contributed by atoms with van der Waals surface area (Å²) in [6.45, 7) is 10.9. The summed E-state index contributed by atoms with van der Waals surface area (Å²) in [6, 6.07) is 8.37. The van der Waals surface area contributed by atoms with Crippen molar-refractivity contribution in [1.82, 2.24) is 30.2 Å². The SMILES string of the molecule is CC(C)(C)OC(=O)NC1CCC(Nc2ncnc3c2ncn3CC(NC(=O)OCc2ccccc2)C(=O)OC(C)(C)C)CC1. The lowest BCUT2D eigenvalue weighted by Gasteiger charge is -2.30. The minimum Gasteiger partial charge on any atom is -0.458 e. The fraction of sp³-hybridized carbons (Fsp3) is 0.548. The first-order valence-electron chi connectivity index (χ1n) is 14.9. The van der Waals surface area contributed by atoms with Gasteiger partial charge in [0.15, 0.2) is 11.5 Å². The highest BCUT2D eigenvalue weighted by molar-refractivity contribution is 5.84. The second kappa shape index (κ2) is 13.9. The summed E-state index contributed by atoms with van der Waals surface area (Å²) in [6.07, 6.45) is 5.07. The number of hydrogen-bond acceptors (Lipinski definition) is 10. The van der Waals surface area contributed by atoms with Gasteiger partial charge < -0.3 is 34.7 Å². The van der Waals surface area contributed by atoms with Gasteiger partial charge in [-0.1, -0.05) is 30.3 Å². The first-order valence-corrected chi connectivity index (χ1v) is 14.9. The number of alkyl carbamates (subject to hydrolysis) is 2.